The molecule has 0 aliphatic carbocycles. The Balaban J connectivity index is 1.68. The number of H-pyrrole nitrogens is 1. The number of pyridine rings is 1. The van der Waals surface area contributed by atoms with E-state index in [2.05, 4.69) is 46.2 Å². The van der Waals surface area contributed by atoms with Crippen LogP contribution in [0.3, 0.4) is 0 Å². The van der Waals surface area contributed by atoms with Crippen molar-refractivity contribution in [2.75, 3.05) is 26.3 Å². The molecule has 1 aromatic carbocycles. The minimum absolute atomic E-state index is 0.134. The number of fused-ring (bicyclic) bond motifs is 2. The average molecular weight is 425 g/mol. The fourth-order valence-corrected chi connectivity index (χ4v) is 4.41. The van der Waals surface area contributed by atoms with Crippen LogP contribution < -0.4 is 15.0 Å². The first-order valence-corrected chi connectivity index (χ1v) is 11.0. The quantitative estimate of drug-likeness (QED) is 0.672. The summed E-state index contributed by atoms with van der Waals surface area (Å²) in [5.74, 6) is 2.06. The molecule has 2 aromatic heterocycles. The number of hydrogen-bond acceptors (Lipinski definition) is 7. The van der Waals surface area contributed by atoms with Crippen LogP contribution in [0.5, 0.6) is 11.5 Å². The summed E-state index contributed by atoms with van der Waals surface area (Å²) in [7, 11) is 0. The molecule has 0 spiro atoms. The van der Waals surface area contributed by atoms with Gasteiger partial charge in [-0.15, -0.1) is 5.10 Å². The second kappa shape index (κ2) is 7.64. The first-order valence-electron chi connectivity index (χ1n) is 11.0. The van der Waals surface area contributed by atoms with Gasteiger partial charge in [-0.25, -0.2) is 4.68 Å². The smallest absolute Gasteiger partial charge is 0.253 e. The molecular formula is C22H28N6O3. The summed E-state index contributed by atoms with van der Waals surface area (Å²) in [4.78, 5) is 18.7. The van der Waals surface area contributed by atoms with Crippen molar-refractivity contribution < 1.29 is 9.47 Å². The number of nitrogens with zero attached hydrogens (tertiary/aromatic N) is 5. The molecule has 0 amide bonds. The molecule has 0 saturated carbocycles. The van der Waals surface area contributed by atoms with E-state index in [-0.39, 0.29) is 17.1 Å². The molecule has 1 N–H and O–H groups in total. The van der Waals surface area contributed by atoms with Crippen LogP contribution in [0.4, 0.5) is 0 Å². The van der Waals surface area contributed by atoms with Crippen LogP contribution in [-0.4, -0.2) is 56.4 Å². The molecule has 0 unspecified atom stereocenters. The molecule has 2 aliphatic rings. The van der Waals surface area contributed by atoms with E-state index in [0.717, 1.165) is 43.3 Å². The van der Waals surface area contributed by atoms with Gasteiger partial charge in [0.2, 0.25) is 0 Å². The normalized spacial score (nSPS) is 17.9. The first-order chi connectivity index (χ1) is 15.0. The molecule has 4 heterocycles. The van der Waals surface area contributed by atoms with Gasteiger partial charge in [0.05, 0.1) is 11.1 Å². The summed E-state index contributed by atoms with van der Waals surface area (Å²) < 4.78 is 13.3. The molecule has 3 aromatic rings. The monoisotopic (exact) mass is 424 g/mol. The van der Waals surface area contributed by atoms with E-state index in [1.165, 1.54) is 0 Å². The third-order valence-electron chi connectivity index (χ3n) is 6.51. The number of rotatable bonds is 5. The third kappa shape index (κ3) is 3.46. The van der Waals surface area contributed by atoms with Crippen LogP contribution in [0.2, 0.25) is 0 Å². The number of tetrazole rings is 1. The predicted molar refractivity (Wildman–Crippen MR) is 116 cm³/mol. The van der Waals surface area contributed by atoms with Crippen LogP contribution >= 0.6 is 0 Å². The molecule has 1 saturated heterocycles. The van der Waals surface area contributed by atoms with Gasteiger partial charge in [0.15, 0.2) is 17.3 Å². The number of benzene rings is 1. The summed E-state index contributed by atoms with van der Waals surface area (Å²) in [5.41, 5.74) is 0.982. The minimum atomic E-state index is -0.315. The summed E-state index contributed by atoms with van der Waals surface area (Å²) >= 11 is 0. The van der Waals surface area contributed by atoms with Crippen molar-refractivity contribution in [2.24, 2.45) is 0 Å². The number of aromatic nitrogens is 5. The standard InChI is InChI=1S/C22H28N6O3/c1-4-22(2,3)28-20(24-25-26-28)19(27-7-5-6-8-27)15-11-14-12-17-18(31-10-9-30-17)13-16(14)23-21(15)29/h11-13,19H,4-10H2,1-3H3,(H,23,29)/t19-/m0/s1. The highest BCUT2D eigenvalue weighted by molar-refractivity contribution is 5.83. The Hall–Kier alpha value is -2.94. The zero-order valence-electron chi connectivity index (χ0n) is 18.2. The minimum Gasteiger partial charge on any atom is -0.486 e. The zero-order chi connectivity index (χ0) is 21.6. The van der Waals surface area contributed by atoms with Crippen LogP contribution in [0, 0.1) is 0 Å². The number of nitrogens with one attached hydrogen (secondary N) is 1. The van der Waals surface area contributed by atoms with Gasteiger partial charge < -0.3 is 14.5 Å². The fraction of sp³-hybridized carbons (Fsp3) is 0.545. The maximum absolute atomic E-state index is 13.3. The highest BCUT2D eigenvalue weighted by Gasteiger charge is 2.35. The van der Waals surface area contributed by atoms with Gasteiger partial charge in [-0.05, 0) is 68.8 Å². The number of likely N-dealkylation sites (tertiary alicyclic amines) is 1. The van der Waals surface area contributed by atoms with Crippen LogP contribution in [-0.2, 0) is 5.54 Å². The van der Waals surface area contributed by atoms with Gasteiger partial charge in [0.1, 0.15) is 19.3 Å². The number of aromatic amines is 1. The van der Waals surface area contributed by atoms with Crippen LogP contribution in [0.15, 0.2) is 23.0 Å². The molecule has 164 valence electrons. The molecular weight excluding hydrogens is 396 g/mol. The van der Waals surface area contributed by atoms with Gasteiger partial charge in [0, 0.05) is 17.0 Å². The lowest BCUT2D eigenvalue weighted by molar-refractivity contribution is 0.172. The zero-order valence-corrected chi connectivity index (χ0v) is 18.2. The van der Waals surface area contributed by atoms with Crippen LogP contribution in [0.1, 0.15) is 57.5 Å². The second-order valence-electron chi connectivity index (χ2n) is 8.90. The van der Waals surface area contributed by atoms with Crippen LogP contribution in [0.25, 0.3) is 10.9 Å². The topological polar surface area (TPSA) is 98.2 Å². The maximum atomic E-state index is 13.3. The molecule has 0 radical (unpaired) electrons. The lowest BCUT2D eigenvalue weighted by Crippen LogP contribution is -2.37. The lowest BCUT2D eigenvalue weighted by Gasteiger charge is -2.31. The van der Waals surface area contributed by atoms with Crippen molar-refractivity contribution in [2.45, 2.75) is 51.6 Å². The van der Waals surface area contributed by atoms with Crippen molar-refractivity contribution in [3.05, 3.63) is 39.9 Å². The fourth-order valence-electron chi connectivity index (χ4n) is 4.41. The van der Waals surface area contributed by atoms with Crippen molar-refractivity contribution in [3.63, 3.8) is 0 Å². The Morgan fingerprint density at radius 3 is 2.55 bits per heavy atom. The summed E-state index contributed by atoms with van der Waals surface area (Å²) in [5, 5.41) is 13.6. The Morgan fingerprint density at radius 2 is 1.84 bits per heavy atom. The van der Waals surface area contributed by atoms with Crippen molar-refractivity contribution in [1.29, 1.82) is 0 Å². The predicted octanol–water partition coefficient (Wildman–Crippen LogP) is 2.62. The van der Waals surface area contributed by atoms with Gasteiger partial charge in [-0.3, -0.25) is 9.69 Å². The molecule has 9 nitrogen and oxygen atoms in total. The molecule has 2 aliphatic heterocycles. The van der Waals surface area contributed by atoms with E-state index in [9.17, 15) is 4.79 Å². The first kappa shape index (κ1) is 20.0. The number of ether oxygens (including phenoxy) is 2. The van der Waals surface area contributed by atoms with Crippen molar-refractivity contribution in [3.8, 4) is 11.5 Å². The summed E-state index contributed by atoms with van der Waals surface area (Å²) in [6, 6.07) is 5.41. The molecule has 5 rings (SSSR count). The van der Waals surface area contributed by atoms with Gasteiger partial charge >= 0.3 is 0 Å². The SMILES string of the molecule is CCC(C)(C)n1nnnc1[C@H](c1cc2cc3c(cc2[nH]c1=O)OCCO3)N1CCCC1. The number of hydrogen-bond donors (Lipinski definition) is 1. The molecule has 0 bridgehead atoms. The Bertz CT molecular complexity index is 1160. The van der Waals surface area contributed by atoms with E-state index in [4.69, 9.17) is 9.47 Å². The Kier molecular flexibility index (Phi) is 4.92. The average Bonchev–Trinajstić information content (AvgIpc) is 3.46. The van der Waals surface area contributed by atoms with Gasteiger partial charge in [0.25, 0.3) is 5.56 Å². The summed E-state index contributed by atoms with van der Waals surface area (Å²) in [6.45, 7) is 9.18. The highest BCUT2D eigenvalue weighted by Crippen LogP contribution is 2.36. The highest BCUT2D eigenvalue weighted by atomic mass is 16.6. The van der Waals surface area contributed by atoms with E-state index in [0.29, 0.717) is 36.1 Å². The van der Waals surface area contributed by atoms with E-state index < -0.39 is 0 Å². The van der Waals surface area contributed by atoms with Gasteiger partial charge in [-0.2, -0.15) is 0 Å². The molecule has 1 fully saturated rings. The largest absolute Gasteiger partial charge is 0.486 e. The molecule has 31 heavy (non-hydrogen) atoms. The second-order valence-corrected chi connectivity index (χ2v) is 8.90. The Morgan fingerprint density at radius 1 is 1.13 bits per heavy atom. The Labute approximate surface area is 180 Å². The van der Waals surface area contributed by atoms with Gasteiger partial charge in [-0.1, -0.05) is 6.92 Å². The molecule has 1 atom stereocenters. The van der Waals surface area contributed by atoms with E-state index >= 15 is 0 Å². The van der Waals surface area contributed by atoms with Crippen molar-refractivity contribution in [1.82, 2.24) is 30.1 Å². The lowest BCUT2D eigenvalue weighted by atomic mass is 9.99. The summed E-state index contributed by atoms with van der Waals surface area (Å²) in [6.07, 6.45) is 3.06. The van der Waals surface area contributed by atoms with E-state index in [1.807, 2.05) is 22.9 Å². The molecule has 9 heteroatoms. The van der Waals surface area contributed by atoms with Crippen molar-refractivity contribution >= 4 is 10.9 Å². The maximum Gasteiger partial charge on any atom is 0.253 e. The third-order valence-corrected chi connectivity index (χ3v) is 6.51. The van der Waals surface area contributed by atoms with E-state index in [1.54, 1.807) is 0 Å².